The van der Waals surface area contributed by atoms with E-state index >= 15 is 0 Å². The summed E-state index contributed by atoms with van der Waals surface area (Å²) in [6.45, 7) is 4.29. The Hall–Kier alpha value is -1.06. The third-order valence-electron chi connectivity index (χ3n) is 4.71. The summed E-state index contributed by atoms with van der Waals surface area (Å²) in [4.78, 5) is 0. The van der Waals surface area contributed by atoms with E-state index in [0.717, 1.165) is 42.6 Å². The van der Waals surface area contributed by atoms with Crippen LogP contribution in [0.5, 0.6) is 5.75 Å². The molecular formula is C17H26O3. The highest BCUT2D eigenvalue weighted by atomic mass is 16.5. The number of ether oxygens (including phenoxy) is 2. The summed E-state index contributed by atoms with van der Waals surface area (Å²) < 4.78 is 11.2. The van der Waals surface area contributed by atoms with Crippen LogP contribution in [-0.4, -0.2) is 24.9 Å². The lowest BCUT2D eigenvalue weighted by molar-refractivity contribution is -0.131. The van der Waals surface area contributed by atoms with Crippen LogP contribution in [0.4, 0.5) is 0 Å². The number of aliphatic hydroxyl groups is 1. The van der Waals surface area contributed by atoms with Crippen LogP contribution in [0.2, 0.25) is 0 Å². The quantitative estimate of drug-likeness (QED) is 0.914. The monoisotopic (exact) mass is 278 g/mol. The molecule has 0 saturated heterocycles. The number of benzene rings is 1. The molecule has 0 radical (unpaired) electrons. The van der Waals surface area contributed by atoms with Crippen LogP contribution in [0.25, 0.3) is 0 Å². The lowest BCUT2D eigenvalue weighted by Crippen LogP contribution is -2.42. The Morgan fingerprint density at radius 1 is 1.25 bits per heavy atom. The Balaban J connectivity index is 2.33. The molecule has 1 aliphatic carbocycles. The van der Waals surface area contributed by atoms with Crippen molar-refractivity contribution in [1.82, 2.24) is 0 Å². The Morgan fingerprint density at radius 2 is 1.90 bits per heavy atom. The van der Waals surface area contributed by atoms with Crippen LogP contribution in [0, 0.1) is 12.8 Å². The maximum atomic E-state index is 10.9. The minimum absolute atomic E-state index is 0.479. The van der Waals surface area contributed by atoms with Gasteiger partial charge in [-0.2, -0.15) is 0 Å². The van der Waals surface area contributed by atoms with E-state index in [2.05, 4.69) is 6.92 Å². The molecule has 0 bridgehead atoms. The van der Waals surface area contributed by atoms with Crippen LogP contribution in [0.15, 0.2) is 18.2 Å². The highest BCUT2D eigenvalue weighted by Gasteiger charge is 2.42. The van der Waals surface area contributed by atoms with Crippen molar-refractivity contribution in [1.29, 1.82) is 0 Å². The van der Waals surface area contributed by atoms with Crippen molar-refractivity contribution in [2.24, 2.45) is 5.92 Å². The van der Waals surface area contributed by atoms with Crippen molar-refractivity contribution in [3.63, 3.8) is 0 Å². The van der Waals surface area contributed by atoms with Gasteiger partial charge in [0.1, 0.15) is 11.9 Å². The molecule has 1 aliphatic rings. The Kier molecular flexibility index (Phi) is 4.71. The van der Waals surface area contributed by atoms with Crippen molar-refractivity contribution < 1.29 is 14.6 Å². The summed E-state index contributed by atoms with van der Waals surface area (Å²) in [5.74, 6) is 1.45. The third kappa shape index (κ3) is 2.84. The zero-order chi connectivity index (χ0) is 14.8. The van der Waals surface area contributed by atoms with Crippen molar-refractivity contribution in [2.75, 3.05) is 14.2 Å². The number of methoxy groups -OCH3 is 2. The van der Waals surface area contributed by atoms with Crippen molar-refractivity contribution in [3.05, 3.63) is 29.3 Å². The number of aliphatic hydroxyl groups excluding tert-OH is 1. The fraction of sp³-hybridized carbons (Fsp3) is 0.647. The fourth-order valence-electron chi connectivity index (χ4n) is 3.19. The number of aryl methyl sites for hydroxylation is 1. The van der Waals surface area contributed by atoms with Gasteiger partial charge in [0, 0.05) is 12.7 Å². The number of hydrogen-bond donors (Lipinski definition) is 1. The summed E-state index contributed by atoms with van der Waals surface area (Å²) in [6.07, 6.45) is 3.33. The first kappa shape index (κ1) is 15.3. The highest BCUT2D eigenvalue weighted by Crippen LogP contribution is 2.44. The SMILES string of the molecule is COc1ccc(C)cc1C(O)C1(OC)CCC(C)CC1. The minimum Gasteiger partial charge on any atom is -0.496 e. The summed E-state index contributed by atoms with van der Waals surface area (Å²) in [7, 11) is 3.35. The zero-order valence-corrected chi connectivity index (χ0v) is 13.0. The van der Waals surface area contributed by atoms with E-state index in [4.69, 9.17) is 9.47 Å². The highest BCUT2D eigenvalue weighted by molar-refractivity contribution is 5.39. The average molecular weight is 278 g/mol. The van der Waals surface area contributed by atoms with Gasteiger partial charge in [0.2, 0.25) is 0 Å². The van der Waals surface area contributed by atoms with Crippen LogP contribution < -0.4 is 4.74 Å². The summed E-state index contributed by atoms with van der Waals surface area (Å²) in [5.41, 5.74) is 1.48. The van der Waals surface area contributed by atoms with Gasteiger partial charge in [-0.3, -0.25) is 0 Å². The topological polar surface area (TPSA) is 38.7 Å². The van der Waals surface area contributed by atoms with Gasteiger partial charge in [0.15, 0.2) is 0 Å². The van der Waals surface area contributed by atoms with E-state index in [9.17, 15) is 5.11 Å². The Labute approximate surface area is 121 Å². The van der Waals surface area contributed by atoms with Crippen LogP contribution in [-0.2, 0) is 4.74 Å². The van der Waals surface area contributed by atoms with E-state index in [0.29, 0.717) is 5.92 Å². The minimum atomic E-state index is -0.644. The van der Waals surface area contributed by atoms with Gasteiger partial charge >= 0.3 is 0 Å². The third-order valence-corrected chi connectivity index (χ3v) is 4.71. The molecule has 0 spiro atoms. The second-order valence-electron chi connectivity index (χ2n) is 6.10. The lowest BCUT2D eigenvalue weighted by Gasteiger charge is -2.42. The van der Waals surface area contributed by atoms with Gasteiger partial charge in [-0.1, -0.05) is 18.6 Å². The van der Waals surface area contributed by atoms with Gasteiger partial charge in [-0.05, 0) is 50.7 Å². The molecule has 1 fully saturated rings. The molecule has 3 nitrogen and oxygen atoms in total. The first-order chi connectivity index (χ1) is 9.52. The predicted molar refractivity (Wildman–Crippen MR) is 80.1 cm³/mol. The first-order valence-corrected chi connectivity index (χ1v) is 7.40. The predicted octanol–water partition coefficient (Wildman–Crippen LogP) is 3.63. The Bertz CT molecular complexity index is 448. The van der Waals surface area contributed by atoms with E-state index < -0.39 is 11.7 Å². The standard InChI is InChI=1S/C17H26O3/c1-12-7-9-17(20-4,10-8-12)16(18)14-11-13(2)5-6-15(14)19-3/h5-6,11-12,16,18H,7-10H2,1-4H3. The molecule has 1 aromatic carbocycles. The van der Waals surface area contributed by atoms with Crippen molar-refractivity contribution >= 4 is 0 Å². The summed E-state index contributed by atoms with van der Waals surface area (Å²) in [6, 6.07) is 5.92. The Morgan fingerprint density at radius 3 is 2.45 bits per heavy atom. The summed E-state index contributed by atoms with van der Waals surface area (Å²) in [5, 5.41) is 10.9. The molecule has 0 aromatic heterocycles. The molecule has 1 saturated carbocycles. The lowest BCUT2D eigenvalue weighted by atomic mass is 9.74. The van der Waals surface area contributed by atoms with Crippen molar-refractivity contribution in [3.8, 4) is 5.75 Å². The first-order valence-electron chi connectivity index (χ1n) is 7.40. The zero-order valence-electron chi connectivity index (χ0n) is 13.0. The second-order valence-corrected chi connectivity index (χ2v) is 6.10. The molecule has 0 amide bonds. The molecule has 20 heavy (non-hydrogen) atoms. The summed E-state index contributed by atoms with van der Waals surface area (Å²) >= 11 is 0. The van der Waals surface area contributed by atoms with E-state index in [1.807, 2.05) is 25.1 Å². The van der Waals surface area contributed by atoms with Gasteiger partial charge in [0.25, 0.3) is 0 Å². The maximum Gasteiger partial charge on any atom is 0.124 e. The normalized spacial score (nSPS) is 28.1. The van der Waals surface area contributed by atoms with Crippen LogP contribution in [0.3, 0.4) is 0 Å². The molecule has 2 rings (SSSR count). The number of rotatable bonds is 4. The van der Waals surface area contributed by atoms with E-state index in [1.54, 1.807) is 14.2 Å². The van der Waals surface area contributed by atoms with E-state index in [1.165, 1.54) is 0 Å². The number of hydrogen-bond acceptors (Lipinski definition) is 3. The molecule has 1 aromatic rings. The van der Waals surface area contributed by atoms with Crippen LogP contribution in [0.1, 0.15) is 49.8 Å². The largest absolute Gasteiger partial charge is 0.496 e. The molecule has 0 aliphatic heterocycles. The molecule has 112 valence electrons. The molecule has 1 atom stereocenters. The molecule has 3 heteroatoms. The van der Waals surface area contributed by atoms with Crippen LogP contribution >= 0.6 is 0 Å². The smallest absolute Gasteiger partial charge is 0.124 e. The second kappa shape index (κ2) is 6.15. The maximum absolute atomic E-state index is 10.9. The van der Waals surface area contributed by atoms with Gasteiger partial charge in [-0.15, -0.1) is 0 Å². The van der Waals surface area contributed by atoms with Gasteiger partial charge in [-0.25, -0.2) is 0 Å². The van der Waals surface area contributed by atoms with Gasteiger partial charge < -0.3 is 14.6 Å². The van der Waals surface area contributed by atoms with Gasteiger partial charge in [0.05, 0.1) is 12.7 Å². The fourth-order valence-corrected chi connectivity index (χ4v) is 3.19. The molecule has 1 unspecified atom stereocenters. The molecular weight excluding hydrogens is 252 g/mol. The van der Waals surface area contributed by atoms with Crippen molar-refractivity contribution in [2.45, 2.75) is 51.2 Å². The molecule has 0 heterocycles. The average Bonchev–Trinajstić information content (AvgIpc) is 2.47. The van der Waals surface area contributed by atoms with E-state index in [-0.39, 0.29) is 0 Å². The molecule has 1 N–H and O–H groups in total.